The standard InChI is InChI=1S/C29H34F3NO10/c1-28(2,3)43-24(36)10-8-20(14-34)33-26(37)19-12-21-25(41-16-40-21)22(13-19)42-27(38)18-6-4-5-17(11-18)7-9-23(35)39-15-29(30,31)32/h4-7,9,11-12,20-22,25,34H,8,10,13-16H2,1-3H3,(H,33,37)/t20-,21+,22+,25+/m0/s1. The fourth-order valence-corrected chi connectivity index (χ4v) is 4.24. The Balaban J connectivity index is 1.62. The fourth-order valence-electron chi connectivity index (χ4n) is 4.24. The predicted molar refractivity (Wildman–Crippen MR) is 143 cm³/mol. The molecule has 1 amide bonds. The minimum Gasteiger partial charge on any atom is -0.460 e. The quantitative estimate of drug-likeness (QED) is 0.217. The number of carbonyl (C=O) groups excluding carboxylic acids is 4. The summed E-state index contributed by atoms with van der Waals surface area (Å²) < 4.78 is 62.8. The average molecular weight is 614 g/mol. The summed E-state index contributed by atoms with van der Waals surface area (Å²) in [5, 5.41) is 12.4. The van der Waals surface area contributed by atoms with Crippen LogP contribution in [0.3, 0.4) is 0 Å². The van der Waals surface area contributed by atoms with Crippen LogP contribution in [-0.4, -0.2) is 85.1 Å². The summed E-state index contributed by atoms with van der Waals surface area (Å²) in [6.45, 7) is 2.96. The topological polar surface area (TPSA) is 147 Å². The van der Waals surface area contributed by atoms with Crippen molar-refractivity contribution >= 4 is 29.9 Å². The Morgan fingerprint density at radius 3 is 2.58 bits per heavy atom. The first-order chi connectivity index (χ1) is 20.1. The van der Waals surface area contributed by atoms with Gasteiger partial charge in [-0.15, -0.1) is 0 Å². The summed E-state index contributed by atoms with van der Waals surface area (Å²) in [6, 6.07) is 5.07. The van der Waals surface area contributed by atoms with Crippen LogP contribution in [0.25, 0.3) is 6.08 Å². The Morgan fingerprint density at radius 1 is 1.16 bits per heavy atom. The number of hydrogen-bond donors (Lipinski definition) is 2. The molecule has 0 aromatic heterocycles. The van der Waals surface area contributed by atoms with Gasteiger partial charge in [-0.3, -0.25) is 9.59 Å². The van der Waals surface area contributed by atoms with Crippen LogP contribution in [0.15, 0.2) is 42.0 Å². The van der Waals surface area contributed by atoms with Gasteiger partial charge in [-0.2, -0.15) is 13.2 Å². The molecule has 43 heavy (non-hydrogen) atoms. The van der Waals surface area contributed by atoms with Crippen molar-refractivity contribution in [2.45, 2.75) is 76.2 Å². The van der Waals surface area contributed by atoms with Crippen LogP contribution in [0.1, 0.15) is 56.0 Å². The number of benzene rings is 1. The van der Waals surface area contributed by atoms with Gasteiger partial charge in [0.2, 0.25) is 5.91 Å². The number of alkyl halides is 3. The van der Waals surface area contributed by atoms with Gasteiger partial charge >= 0.3 is 24.1 Å². The first kappa shape index (κ1) is 33.7. The maximum absolute atomic E-state index is 13.1. The van der Waals surface area contributed by atoms with Gasteiger partial charge in [0.05, 0.1) is 18.2 Å². The van der Waals surface area contributed by atoms with E-state index in [9.17, 15) is 37.5 Å². The van der Waals surface area contributed by atoms with Gasteiger partial charge in [-0.1, -0.05) is 12.1 Å². The highest BCUT2D eigenvalue weighted by Gasteiger charge is 2.42. The summed E-state index contributed by atoms with van der Waals surface area (Å²) in [4.78, 5) is 49.6. The zero-order chi connectivity index (χ0) is 31.8. The van der Waals surface area contributed by atoms with Crippen LogP contribution < -0.4 is 5.32 Å². The van der Waals surface area contributed by atoms with Crippen molar-refractivity contribution in [3.8, 4) is 0 Å². The van der Waals surface area contributed by atoms with E-state index in [0.29, 0.717) is 5.56 Å². The molecule has 0 bridgehead atoms. The van der Waals surface area contributed by atoms with E-state index in [1.807, 2.05) is 0 Å². The van der Waals surface area contributed by atoms with Crippen molar-refractivity contribution in [2.24, 2.45) is 0 Å². The zero-order valence-corrected chi connectivity index (χ0v) is 23.8. The first-order valence-corrected chi connectivity index (χ1v) is 13.4. The van der Waals surface area contributed by atoms with Gasteiger partial charge < -0.3 is 34.1 Å². The van der Waals surface area contributed by atoms with Crippen LogP contribution >= 0.6 is 0 Å². The number of esters is 3. The van der Waals surface area contributed by atoms with Gasteiger partial charge in [-0.25, -0.2) is 9.59 Å². The van der Waals surface area contributed by atoms with E-state index in [-0.39, 0.29) is 37.2 Å². The van der Waals surface area contributed by atoms with Crippen molar-refractivity contribution in [1.29, 1.82) is 0 Å². The van der Waals surface area contributed by atoms with Crippen LogP contribution in [-0.2, 0) is 38.1 Å². The third-order valence-electron chi connectivity index (χ3n) is 6.13. The number of hydrogen-bond acceptors (Lipinski definition) is 10. The van der Waals surface area contributed by atoms with Crippen molar-refractivity contribution < 1.29 is 61.1 Å². The van der Waals surface area contributed by atoms with E-state index in [1.54, 1.807) is 26.8 Å². The highest BCUT2D eigenvalue weighted by molar-refractivity contribution is 5.94. The summed E-state index contributed by atoms with van der Waals surface area (Å²) in [5.74, 6) is -2.99. The van der Waals surface area contributed by atoms with Crippen LogP contribution in [0, 0.1) is 0 Å². The van der Waals surface area contributed by atoms with Crippen molar-refractivity contribution in [3.05, 3.63) is 53.1 Å². The summed E-state index contributed by atoms with van der Waals surface area (Å²) in [6.07, 6.45) is -3.31. The lowest BCUT2D eigenvalue weighted by molar-refractivity contribution is -0.182. The number of rotatable bonds is 11. The zero-order valence-electron chi connectivity index (χ0n) is 23.8. The molecular formula is C29H34F3NO10. The number of amides is 1. The third kappa shape index (κ3) is 11.1. The van der Waals surface area contributed by atoms with E-state index in [4.69, 9.17) is 18.9 Å². The third-order valence-corrected chi connectivity index (χ3v) is 6.13. The van der Waals surface area contributed by atoms with E-state index in [2.05, 4.69) is 10.1 Å². The summed E-state index contributed by atoms with van der Waals surface area (Å²) >= 11 is 0. The van der Waals surface area contributed by atoms with Crippen molar-refractivity contribution in [3.63, 3.8) is 0 Å². The van der Waals surface area contributed by atoms with Crippen LogP contribution in [0.5, 0.6) is 0 Å². The van der Waals surface area contributed by atoms with E-state index >= 15 is 0 Å². The van der Waals surface area contributed by atoms with Gasteiger partial charge in [0.15, 0.2) is 6.61 Å². The largest absolute Gasteiger partial charge is 0.460 e. The maximum atomic E-state index is 13.1. The molecule has 11 nitrogen and oxygen atoms in total. The van der Waals surface area contributed by atoms with Crippen LogP contribution in [0.2, 0.25) is 0 Å². The van der Waals surface area contributed by atoms with Gasteiger partial charge in [0.25, 0.3) is 0 Å². The second-order valence-electron chi connectivity index (χ2n) is 10.9. The molecule has 2 N–H and O–H groups in total. The predicted octanol–water partition coefficient (Wildman–Crippen LogP) is 3.00. The first-order valence-electron chi connectivity index (χ1n) is 13.4. The molecule has 2 aliphatic rings. The molecule has 3 rings (SSSR count). The van der Waals surface area contributed by atoms with E-state index in [1.165, 1.54) is 30.3 Å². The molecular weight excluding hydrogens is 579 g/mol. The van der Waals surface area contributed by atoms with Gasteiger partial charge in [0, 0.05) is 24.5 Å². The molecule has 1 aliphatic carbocycles. The van der Waals surface area contributed by atoms with E-state index < -0.39 is 73.2 Å². The second-order valence-corrected chi connectivity index (χ2v) is 10.9. The highest BCUT2D eigenvalue weighted by Crippen LogP contribution is 2.31. The molecule has 0 radical (unpaired) electrons. The normalized spacial score (nSPS) is 21.0. The van der Waals surface area contributed by atoms with E-state index in [0.717, 1.165) is 6.08 Å². The number of carbonyl (C=O) groups is 4. The lowest BCUT2D eigenvalue weighted by atomic mass is 9.91. The molecule has 236 valence electrons. The number of halogens is 3. The fraction of sp³-hybridized carbons (Fsp3) is 0.517. The lowest BCUT2D eigenvalue weighted by Gasteiger charge is -2.30. The molecule has 1 aromatic rings. The molecule has 14 heteroatoms. The highest BCUT2D eigenvalue weighted by atomic mass is 19.4. The second kappa shape index (κ2) is 14.6. The Bertz CT molecular complexity index is 1240. The van der Waals surface area contributed by atoms with Gasteiger partial charge in [0.1, 0.15) is 30.7 Å². The number of ether oxygens (including phenoxy) is 5. The average Bonchev–Trinajstić information content (AvgIpc) is 3.41. The van der Waals surface area contributed by atoms with Crippen LogP contribution in [0.4, 0.5) is 13.2 Å². The Hall–Kier alpha value is -3.75. The molecule has 1 aliphatic heterocycles. The molecule has 1 aromatic carbocycles. The number of nitrogens with one attached hydrogen (secondary N) is 1. The smallest absolute Gasteiger partial charge is 0.422 e. The number of aliphatic hydroxyl groups excluding tert-OH is 1. The molecule has 1 heterocycles. The van der Waals surface area contributed by atoms with Crippen molar-refractivity contribution in [1.82, 2.24) is 5.32 Å². The minimum absolute atomic E-state index is 0.0211. The minimum atomic E-state index is -4.66. The number of aliphatic hydroxyl groups is 1. The Morgan fingerprint density at radius 2 is 1.91 bits per heavy atom. The maximum Gasteiger partial charge on any atom is 0.422 e. The number of fused-ring (bicyclic) bond motifs is 1. The summed E-state index contributed by atoms with van der Waals surface area (Å²) in [5.41, 5.74) is -0.0414. The summed E-state index contributed by atoms with van der Waals surface area (Å²) in [7, 11) is 0. The Labute approximate surface area is 245 Å². The Kier molecular flexibility index (Phi) is 11.5. The lowest BCUT2D eigenvalue weighted by Crippen LogP contribution is -2.45. The molecule has 0 spiro atoms. The SMILES string of the molecule is CC(C)(C)OC(=O)CC[C@@H](CO)NC(=O)C1=C[C@H]2OCO[C@H]2[C@H](OC(=O)c2cccc(C=CC(=O)OCC(F)(F)F)c2)C1. The molecule has 0 saturated carbocycles. The molecule has 1 saturated heterocycles. The molecule has 1 fully saturated rings. The molecule has 0 unspecified atom stereocenters. The monoisotopic (exact) mass is 613 g/mol. The van der Waals surface area contributed by atoms with Crippen molar-refractivity contribution in [2.75, 3.05) is 20.0 Å². The molecule has 4 atom stereocenters. The van der Waals surface area contributed by atoms with Gasteiger partial charge in [-0.05, 0) is 57.0 Å².